The summed E-state index contributed by atoms with van der Waals surface area (Å²) in [5.41, 5.74) is -1.32. The zero-order valence-corrected chi connectivity index (χ0v) is 23.8. The van der Waals surface area contributed by atoms with Crippen LogP contribution in [0.5, 0.6) is 0 Å². The van der Waals surface area contributed by atoms with Crippen molar-refractivity contribution < 1.29 is 36.7 Å². The quantitative estimate of drug-likeness (QED) is 0.142. The van der Waals surface area contributed by atoms with Gasteiger partial charge in [0.05, 0.1) is 52.5 Å². The van der Waals surface area contributed by atoms with E-state index in [-0.39, 0.29) is 39.7 Å². The Kier molecular flexibility index (Phi) is 10.2. The lowest BCUT2D eigenvalue weighted by molar-refractivity contribution is -0.149. The van der Waals surface area contributed by atoms with E-state index in [1.54, 1.807) is 6.92 Å². The monoisotopic (exact) mass is 628 g/mol. The number of pyridine rings is 1. The number of alkyl halides is 2. The van der Waals surface area contributed by atoms with Crippen molar-refractivity contribution in [2.75, 3.05) is 13.2 Å². The van der Waals surface area contributed by atoms with Gasteiger partial charge in [-0.25, -0.2) is 17.6 Å². The Morgan fingerprint density at radius 2 is 1.64 bits per heavy atom. The molecule has 0 bridgehead atoms. The number of aromatic nitrogens is 3. The fourth-order valence-corrected chi connectivity index (χ4v) is 5.66. The Bertz CT molecular complexity index is 1440. The van der Waals surface area contributed by atoms with Crippen LogP contribution >= 0.6 is 23.2 Å². The lowest BCUT2D eigenvalue weighted by Crippen LogP contribution is -2.36. The first-order chi connectivity index (χ1) is 20.0. The van der Waals surface area contributed by atoms with Crippen LogP contribution in [0.2, 0.25) is 10.0 Å². The third-order valence-corrected chi connectivity index (χ3v) is 7.56. The number of carbonyl (C=O) groups is 3. The molecule has 0 atom stereocenters. The van der Waals surface area contributed by atoms with Crippen molar-refractivity contribution >= 4 is 40.9 Å². The van der Waals surface area contributed by atoms with Crippen molar-refractivity contribution in [3.05, 3.63) is 80.9 Å². The van der Waals surface area contributed by atoms with Crippen LogP contribution < -0.4 is 0 Å². The number of nitrogens with zero attached hydrogens (tertiary/aromatic N) is 4. The summed E-state index contributed by atoms with van der Waals surface area (Å²) in [6, 6.07) is 2.04. The van der Waals surface area contributed by atoms with Crippen molar-refractivity contribution in [2.45, 2.75) is 51.6 Å². The topological polar surface area (TPSA) is 94.4 Å². The van der Waals surface area contributed by atoms with Crippen molar-refractivity contribution in [3.63, 3.8) is 0 Å². The molecule has 42 heavy (non-hydrogen) atoms. The molecule has 1 aliphatic carbocycles. The van der Waals surface area contributed by atoms with Gasteiger partial charge in [0.15, 0.2) is 5.78 Å². The molecule has 0 radical (unpaired) electrons. The number of Topliss-reactive ketones (excluding diaryl/α,β-unsaturated/α-hetero) is 1. The van der Waals surface area contributed by atoms with E-state index in [0.717, 1.165) is 27.9 Å². The van der Waals surface area contributed by atoms with Gasteiger partial charge in [-0.2, -0.15) is 5.10 Å². The van der Waals surface area contributed by atoms with E-state index in [9.17, 15) is 31.9 Å². The van der Waals surface area contributed by atoms with E-state index in [2.05, 4.69) is 10.1 Å². The van der Waals surface area contributed by atoms with Crippen molar-refractivity contribution in [1.29, 1.82) is 0 Å². The third kappa shape index (κ3) is 7.09. The van der Waals surface area contributed by atoms with Gasteiger partial charge in [0.2, 0.25) is 0 Å². The normalized spacial score (nSPS) is 16.9. The minimum absolute atomic E-state index is 0.0242. The summed E-state index contributed by atoms with van der Waals surface area (Å²) in [6.07, 6.45) is 1.70. The molecule has 2 heterocycles. The zero-order valence-electron chi connectivity index (χ0n) is 22.3. The highest BCUT2D eigenvalue weighted by Gasteiger charge is 2.35. The van der Waals surface area contributed by atoms with E-state index >= 15 is 0 Å². The molecule has 14 heteroatoms. The van der Waals surface area contributed by atoms with Crippen molar-refractivity contribution in [2.24, 2.45) is 5.92 Å². The summed E-state index contributed by atoms with van der Waals surface area (Å²) in [4.78, 5) is 43.7. The summed E-state index contributed by atoms with van der Waals surface area (Å²) in [5, 5.41) is 3.89. The Labute approximate surface area is 248 Å². The number of ketones is 1. The van der Waals surface area contributed by atoms with Gasteiger partial charge in [-0.15, -0.1) is 0 Å². The first-order valence-corrected chi connectivity index (χ1v) is 13.8. The highest BCUT2D eigenvalue weighted by Crippen LogP contribution is 2.36. The fourth-order valence-electron chi connectivity index (χ4n) is 5.08. The summed E-state index contributed by atoms with van der Waals surface area (Å²) >= 11 is 12.2. The van der Waals surface area contributed by atoms with Crippen LogP contribution in [-0.4, -0.2) is 50.5 Å². The second-order valence-corrected chi connectivity index (χ2v) is 10.6. The summed E-state index contributed by atoms with van der Waals surface area (Å²) < 4.78 is 62.9. The molecular formula is C28H26Cl2F4N4O4. The largest absolute Gasteiger partial charge is 0.466 e. The van der Waals surface area contributed by atoms with Gasteiger partial charge in [0.25, 0.3) is 12.3 Å². The molecule has 0 N–H and O–H groups in total. The van der Waals surface area contributed by atoms with Gasteiger partial charge in [0.1, 0.15) is 17.3 Å². The molecular weight excluding hydrogens is 603 g/mol. The second-order valence-electron chi connectivity index (χ2n) is 9.79. The Hall–Kier alpha value is -3.51. The van der Waals surface area contributed by atoms with E-state index in [1.807, 2.05) is 0 Å². The Balaban J connectivity index is 1.65. The molecule has 3 aromatic rings. The fraction of sp³-hybridized carbons (Fsp3) is 0.393. The molecule has 1 amide bonds. The minimum atomic E-state index is -3.12. The summed E-state index contributed by atoms with van der Waals surface area (Å²) in [6.45, 7) is 0.722. The molecule has 1 saturated carbocycles. The number of ether oxygens (including phenoxy) is 1. The van der Waals surface area contributed by atoms with Gasteiger partial charge < -0.3 is 9.64 Å². The molecule has 0 saturated heterocycles. The Morgan fingerprint density at radius 3 is 2.21 bits per heavy atom. The van der Waals surface area contributed by atoms with Crippen LogP contribution in [0, 0.1) is 17.6 Å². The van der Waals surface area contributed by atoms with Crippen LogP contribution in [0.4, 0.5) is 17.6 Å². The number of benzene rings is 1. The highest BCUT2D eigenvalue weighted by atomic mass is 35.5. The highest BCUT2D eigenvalue weighted by molar-refractivity contribution is 6.39. The standard InChI is InChI=1S/C28H26Cl2F4N4O4/c1-2-42-28(41)16-3-5-19(6-4-16)38-25(26(33)34)20(10-36-38)27(40)37(13-15-7-17(31)9-18(32)8-15)14-23(39)24-21(29)11-35-12-22(24)30/h7-12,16,19,26H,2-6,13-14H2,1H3. The molecule has 4 rings (SSSR count). The third-order valence-electron chi connectivity index (χ3n) is 6.98. The van der Waals surface area contributed by atoms with E-state index in [4.69, 9.17) is 27.9 Å². The molecule has 0 unspecified atom stereocenters. The predicted molar refractivity (Wildman–Crippen MR) is 144 cm³/mol. The lowest BCUT2D eigenvalue weighted by Gasteiger charge is -2.28. The van der Waals surface area contributed by atoms with Crippen LogP contribution in [0.1, 0.15) is 77.0 Å². The van der Waals surface area contributed by atoms with E-state index < -0.39 is 60.1 Å². The number of amides is 1. The number of hydrogen-bond acceptors (Lipinski definition) is 6. The second kappa shape index (κ2) is 13.6. The maximum absolute atomic E-state index is 14.5. The SMILES string of the molecule is CCOC(=O)C1CCC(n2ncc(C(=O)N(CC(=O)c3c(Cl)cncc3Cl)Cc3cc(F)cc(F)c3)c2C(F)F)CC1. The van der Waals surface area contributed by atoms with E-state index in [0.29, 0.717) is 31.7 Å². The number of halogens is 6. The van der Waals surface area contributed by atoms with Gasteiger partial charge in [0, 0.05) is 25.0 Å². The average molecular weight is 629 g/mol. The lowest BCUT2D eigenvalue weighted by atomic mass is 9.86. The number of esters is 1. The maximum Gasteiger partial charge on any atom is 0.308 e. The Morgan fingerprint density at radius 1 is 1.02 bits per heavy atom. The molecule has 1 aromatic carbocycles. The molecule has 0 aliphatic heterocycles. The average Bonchev–Trinajstić information content (AvgIpc) is 3.37. The van der Waals surface area contributed by atoms with E-state index in [1.165, 1.54) is 12.4 Å². The summed E-state index contributed by atoms with van der Waals surface area (Å²) in [7, 11) is 0. The molecule has 1 fully saturated rings. The zero-order chi connectivity index (χ0) is 30.6. The van der Waals surface area contributed by atoms with Crippen molar-refractivity contribution in [1.82, 2.24) is 19.7 Å². The number of rotatable bonds is 10. The van der Waals surface area contributed by atoms with Gasteiger partial charge in [-0.05, 0) is 50.3 Å². The van der Waals surface area contributed by atoms with Crippen LogP contribution in [0.3, 0.4) is 0 Å². The minimum Gasteiger partial charge on any atom is -0.466 e. The van der Waals surface area contributed by atoms with Crippen LogP contribution in [0.15, 0.2) is 36.8 Å². The van der Waals surface area contributed by atoms with Gasteiger partial charge in [-0.3, -0.25) is 24.0 Å². The smallest absolute Gasteiger partial charge is 0.308 e. The summed E-state index contributed by atoms with van der Waals surface area (Å²) in [5.74, 6) is -4.32. The number of carbonyl (C=O) groups excluding carboxylic acids is 3. The molecule has 2 aromatic heterocycles. The van der Waals surface area contributed by atoms with Gasteiger partial charge in [-0.1, -0.05) is 23.2 Å². The van der Waals surface area contributed by atoms with Crippen molar-refractivity contribution in [3.8, 4) is 0 Å². The van der Waals surface area contributed by atoms with Crippen LogP contribution in [0.25, 0.3) is 0 Å². The first kappa shape index (κ1) is 31.4. The molecule has 0 spiro atoms. The molecule has 1 aliphatic rings. The van der Waals surface area contributed by atoms with Crippen LogP contribution in [-0.2, 0) is 16.1 Å². The first-order valence-electron chi connectivity index (χ1n) is 13.1. The molecule has 224 valence electrons. The molecule has 8 nitrogen and oxygen atoms in total. The number of hydrogen-bond donors (Lipinski definition) is 0. The maximum atomic E-state index is 14.5. The van der Waals surface area contributed by atoms with Gasteiger partial charge >= 0.3 is 5.97 Å². The predicted octanol–water partition coefficient (Wildman–Crippen LogP) is 6.62.